The van der Waals surface area contributed by atoms with Crippen LogP contribution in [0.2, 0.25) is 0 Å². The number of anilines is 1. The van der Waals surface area contributed by atoms with E-state index >= 15 is 0 Å². The fourth-order valence-corrected chi connectivity index (χ4v) is 2.96. The summed E-state index contributed by atoms with van der Waals surface area (Å²) in [5.74, 6) is -0.773. The number of ether oxygens (including phenoxy) is 1. The smallest absolute Gasteiger partial charge is 0.306 e. The normalized spacial score (nSPS) is 10.5. The van der Waals surface area contributed by atoms with Crippen LogP contribution in [0.25, 0.3) is 0 Å². The lowest BCUT2D eigenvalue weighted by atomic mass is 10.1. The Morgan fingerprint density at radius 3 is 2.38 bits per heavy atom. The van der Waals surface area contributed by atoms with Crippen LogP contribution < -0.4 is 5.32 Å². The van der Waals surface area contributed by atoms with E-state index in [1.54, 1.807) is 6.07 Å². The number of carbonyl (C=O) groups excluding carboxylic acids is 2. The second kappa shape index (κ2) is 9.33. The Hall–Kier alpha value is -2.41. The highest BCUT2D eigenvalue weighted by Gasteiger charge is 2.13. The Balaban J connectivity index is 1.82. The summed E-state index contributed by atoms with van der Waals surface area (Å²) < 4.78 is 5.07. The van der Waals surface area contributed by atoms with Gasteiger partial charge in [0.15, 0.2) is 11.8 Å². The number of thioether (sulfide) groups is 1. The number of aromatic nitrogens is 2. The maximum atomic E-state index is 11.9. The van der Waals surface area contributed by atoms with E-state index in [2.05, 4.69) is 15.3 Å². The van der Waals surface area contributed by atoms with Crippen LogP contribution in [0.1, 0.15) is 28.9 Å². The average molecular weight is 373 g/mol. The molecule has 0 fully saturated rings. The van der Waals surface area contributed by atoms with Crippen LogP contribution in [0.4, 0.5) is 5.69 Å². The number of nitrogens with one attached hydrogen (secondary N) is 1. The zero-order valence-electron chi connectivity index (χ0n) is 15.5. The lowest BCUT2D eigenvalue weighted by Crippen LogP contribution is -2.21. The van der Waals surface area contributed by atoms with Gasteiger partial charge in [-0.05, 0) is 50.6 Å². The van der Waals surface area contributed by atoms with E-state index in [4.69, 9.17) is 4.74 Å². The maximum absolute atomic E-state index is 11.9. The molecule has 0 aliphatic carbocycles. The predicted octanol–water partition coefficient (Wildman–Crippen LogP) is 3.24. The monoisotopic (exact) mass is 373 g/mol. The van der Waals surface area contributed by atoms with E-state index in [1.807, 2.05) is 45.2 Å². The van der Waals surface area contributed by atoms with E-state index in [-0.39, 0.29) is 18.9 Å². The minimum Gasteiger partial charge on any atom is -0.456 e. The number of hydrogen-bond acceptors (Lipinski definition) is 6. The first-order valence-corrected chi connectivity index (χ1v) is 9.52. The molecule has 0 unspecified atom stereocenters. The third kappa shape index (κ3) is 5.56. The predicted molar refractivity (Wildman–Crippen MR) is 102 cm³/mol. The molecule has 0 spiro atoms. The first-order chi connectivity index (χ1) is 12.4. The van der Waals surface area contributed by atoms with Crippen molar-refractivity contribution >= 4 is 29.3 Å². The zero-order valence-corrected chi connectivity index (χ0v) is 16.3. The summed E-state index contributed by atoms with van der Waals surface area (Å²) in [7, 11) is 0. The lowest BCUT2D eigenvalue weighted by Gasteiger charge is -2.10. The van der Waals surface area contributed by atoms with E-state index < -0.39 is 5.97 Å². The molecule has 6 nitrogen and oxygen atoms in total. The second-order valence-electron chi connectivity index (χ2n) is 5.88. The largest absolute Gasteiger partial charge is 0.456 e. The van der Waals surface area contributed by atoms with Crippen molar-refractivity contribution in [3.05, 3.63) is 46.8 Å². The molecule has 1 heterocycles. The van der Waals surface area contributed by atoms with Crippen molar-refractivity contribution in [3.8, 4) is 0 Å². The van der Waals surface area contributed by atoms with Crippen molar-refractivity contribution < 1.29 is 14.3 Å². The van der Waals surface area contributed by atoms with Gasteiger partial charge in [-0.3, -0.25) is 9.59 Å². The minimum atomic E-state index is -0.419. The zero-order chi connectivity index (χ0) is 19.1. The van der Waals surface area contributed by atoms with Gasteiger partial charge in [-0.1, -0.05) is 30.0 Å². The number of esters is 1. The molecule has 138 valence electrons. The number of rotatable bonds is 7. The van der Waals surface area contributed by atoms with Gasteiger partial charge < -0.3 is 10.1 Å². The van der Waals surface area contributed by atoms with Gasteiger partial charge in [0.25, 0.3) is 5.91 Å². The number of amides is 1. The average Bonchev–Trinajstić information content (AvgIpc) is 2.61. The molecule has 2 rings (SSSR count). The summed E-state index contributed by atoms with van der Waals surface area (Å²) in [6, 6.07) is 7.43. The molecule has 0 bridgehead atoms. The summed E-state index contributed by atoms with van der Waals surface area (Å²) in [5.41, 5.74) is 4.35. The second-order valence-corrected chi connectivity index (χ2v) is 6.66. The number of aryl methyl sites for hydroxylation is 3. The van der Waals surface area contributed by atoms with Gasteiger partial charge in [0.05, 0.1) is 0 Å². The molecule has 2 aromatic rings. The van der Waals surface area contributed by atoms with Crippen LogP contribution in [-0.2, 0) is 20.7 Å². The molecule has 0 aliphatic heterocycles. The minimum absolute atomic E-state index is 0.182. The van der Waals surface area contributed by atoms with Gasteiger partial charge in [0, 0.05) is 23.5 Å². The maximum Gasteiger partial charge on any atom is 0.306 e. The molecule has 0 aliphatic rings. The molecule has 7 heteroatoms. The summed E-state index contributed by atoms with van der Waals surface area (Å²) in [4.78, 5) is 32.6. The topological polar surface area (TPSA) is 81.2 Å². The number of hydrogen-bond donors (Lipinski definition) is 1. The standard InChI is InChI=1S/C19H23N3O3S/c1-12-7-5-6-8-16(12)22-17(23)11-25-18(24)10-9-15-13(2)20-19(26-4)21-14(15)3/h5-8H,9-11H2,1-4H3,(H,22,23). The van der Waals surface area contributed by atoms with E-state index in [9.17, 15) is 9.59 Å². The molecule has 1 N–H and O–H groups in total. The van der Waals surface area contributed by atoms with Gasteiger partial charge in [-0.2, -0.15) is 0 Å². The van der Waals surface area contributed by atoms with Crippen molar-refractivity contribution in [1.82, 2.24) is 9.97 Å². The van der Waals surface area contributed by atoms with Gasteiger partial charge in [-0.25, -0.2) is 9.97 Å². The van der Waals surface area contributed by atoms with Crippen LogP contribution in [-0.4, -0.2) is 34.7 Å². The summed E-state index contributed by atoms with van der Waals surface area (Å²) in [6.45, 7) is 5.42. The van der Waals surface area contributed by atoms with Gasteiger partial charge >= 0.3 is 5.97 Å². The van der Waals surface area contributed by atoms with Crippen molar-refractivity contribution in [3.63, 3.8) is 0 Å². The van der Waals surface area contributed by atoms with Crippen LogP contribution in [0.5, 0.6) is 0 Å². The summed E-state index contributed by atoms with van der Waals surface area (Å²) >= 11 is 1.48. The van der Waals surface area contributed by atoms with Crippen LogP contribution in [0, 0.1) is 20.8 Å². The number of benzene rings is 1. The van der Waals surface area contributed by atoms with E-state index in [0.29, 0.717) is 12.1 Å². The SMILES string of the molecule is CSc1nc(C)c(CCC(=O)OCC(=O)Nc2ccccc2C)c(C)n1. The molecule has 26 heavy (non-hydrogen) atoms. The number of carbonyl (C=O) groups is 2. The van der Waals surface area contributed by atoms with Crippen LogP contribution >= 0.6 is 11.8 Å². The number of para-hydroxylation sites is 1. The third-order valence-electron chi connectivity index (χ3n) is 3.95. The Morgan fingerprint density at radius 1 is 1.12 bits per heavy atom. The molecule has 1 aromatic carbocycles. The summed E-state index contributed by atoms with van der Waals surface area (Å²) in [5, 5.41) is 3.45. The molecule has 1 amide bonds. The quantitative estimate of drug-likeness (QED) is 0.456. The highest BCUT2D eigenvalue weighted by molar-refractivity contribution is 7.98. The molecule has 0 saturated heterocycles. The Bertz CT molecular complexity index is 785. The fourth-order valence-electron chi connectivity index (χ4n) is 2.51. The molecule has 1 aromatic heterocycles. The van der Waals surface area contributed by atoms with Crippen molar-refractivity contribution in [2.24, 2.45) is 0 Å². The molecule has 0 atom stereocenters. The summed E-state index contributed by atoms with van der Waals surface area (Å²) in [6.07, 6.45) is 2.60. The highest BCUT2D eigenvalue weighted by atomic mass is 32.2. The fraction of sp³-hybridized carbons (Fsp3) is 0.368. The van der Waals surface area contributed by atoms with Crippen LogP contribution in [0.3, 0.4) is 0 Å². The lowest BCUT2D eigenvalue weighted by molar-refractivity contribution is -0.147. The van der Waals surface area contributed by atoms with Gasteiger partial charge in [0.2, 0.25) is 0 Å². The van der Waals surface area contributed by atoms with Crippen molar-refractivity contribution in [1.29, 1.82) is 0 Å². The molecule has 0 radical (unpaired) electrons. The Labute approximate surface area is 157 Å². The van der Waals surface area contributed by atoms with Crippen molar-refractivity contribution in [2.75, 3.05) is 18.2 Å². The van der Waals surface area contributed by atoms with E-state index in [0.717, 1.165) is 27.7 Å². The van der Waals surface area contributed by atoms with Crippen molar-refractivity contribution in [2.45, 2.75) is 38.8 Å². The van der Waals surface area contributed by atoms with Crippen LogP contribution in [0.15, 0.2) is 29.4 Å². The van der Waals surface area contributed by atoms with Gasteiger partial charge in [0.1, 0.15) is 0 Å². The van der Waals surface area contributed by atoms with E-state index in [1.165, 1.54) is 11.8 Å². The Morgan fingerprint density at radius 2 is 1.77 bits per heavy atom. The number of nitrogens with zero attached hydrogens (tertiary/aromatic N) is 2. The first kappa shape index (κ1) is 19.9. The highest BCUT2D eigenvalue weighted by Crippen LogP contribution is 2.17. The molecular formula is C19H23N3O3S. The third-order valence-corrected chi connectivity index (χ3v) is 4.49. The Kier molecular flexibility index (Phi) is 7.15. The molecule has 0 saturated carbocycles. The van der Waals surface area contributed by atoms with Gasteiger partial charge in [-0.15, -0.1) is 0 Å². The first-order valence-electron chi connectivity index (χ1n) is 8.30. The molecular weight excluding hydrogens is 350 g/mol.